The maximum absolute atomic E-state index is 11.6. The highest BCUT2D eigenvalue weighted by atomic mass is 16.1. The zero-order chi connectivity index (χ0) is 10.9. The Morgan fingerprint density at radius 3 is 2.07 bits per heavy atom. The molecule has 1 saturated carbocycles. The van der Waals surface area contributed by atoms with E-state index in [1.807, 2.05) is 0 Å². The molecule has 88 valence electrons. The molecule has 1 heteroatoms. The lowest BCUT2D eigenvalue weighted by atomic mass is 9.96. The predicted octanol–water partition coefficient (Wildman–Crippen LogP) is 4.50. The minimum Gasteiger partial charge on any atom is -0.300 e. The summed E-state index contributed by atoms with van der Waals surface area (Å²) in [5.74, 6) is 1.12. The van der Waals surface area contributed by atoms with Gasteiger partial charge in [-0.05, 0) is 12.3 Å². The van der Waals surface area contributed by atoms with E-state index in [-0.39, 0.29) is 0 Å². The smallest absolute Gasteiger partial charge is 0.133 e. The van der Waals surface area contributed by atoms with E-state index in [1.54, 1.807) is 0 Å². The van der Waals surface area contributed by atoms with Crippen molar-refractivity contribution in [2.75, 3.05) is 0 Å². The van der Waals surface area contributed by atoms with Gasteiger partial charge in [-0.1, -0.05) is 58.3 Å². The lowest BCUT2D eigenvalue weighted by Crippen LogP contribution is -2.05. The Morgan fingerprint density at radius 1 is 0.867 bits per heavy atom. The van der Waals surface area contributed by atoms with Crippen LogP contribution in [-0.4, -0.2) is 5.78 Å². The zero-order valence-corrected chi connectivity index (χ0v) is 10.3. The normalized spacial score (nSPS) is 27.5. The second kappa shape index (κ2) is 7.90. The van der Waals surface area contributed by atoms with E-state index in [9.17, 15) is 4.79 Å². The molecule has 0 radical (unpaired) electrons. The first kappa shape index (κ1) is 12.7. The van der Waals surface area contributed by atoms with Gasteiger partial charge in [0.05, 0.1) is 0 Å². The van der Waals surface area contributed by atoms with Gasteiger partial charge in [-0.25, -0.2) is 0 Å². The Labute approximate surface area is 94.6 Å². The highest BCUT2D eigenvalue weighted by Gasteiger charge is 2.09. The first-order chi connectivity index (χ1) is 7.29. The van der Waals surface area contributed by atoms with Gasteiger partial charge in [0.2, 0.25) is 0 Å². The molecule has 0 spiro atoms. The SMILES string of the molecule is CC1CCCCCCCCCCC(=O)C1. The molecule has 0 heterocycles. The van der Waals surface area contributed by atoms with Gasteiger partial charge in [-0.3, -0.25) is 4.79 Å². The molecular formula is C14H26O. The molecule has 0 amide bonds. The Balaban J connectivity index is 2.26. The predicted molar refractivity (Wildman–Crippen MR) is 65.0 cm³/mol. The van der Waals surface area contributed by atoms with Crippen LogP contribution in [0.25, 0.3) is 0 Å². The molecule has 1 aliphatic carbocycles. The van der Waals surface area contributed by atoms with Crippen molar-refractivity contribution in [3.63, 3.8) is 0 Å². The lowest BCUT2D eigenvalue weighted by Gasteiger charge is -2.09. The highest BCUT2D eigenvalue weighted by molar-refractivity contribution is 5.78. The third-order valence-electron chi connectivity index (χ3n) is 3.48. The summed E-state index contributed by atoms with van der Waals surface area (Å²) < 4.78 is 0. The molecule has 1 fully saturated rings. The van der Waals surface area contributed by atoms with E-state index in [2.05, 4.69) is 6.92 Å². The number of Topliss-reactive ketones (excluding diaryl/α,β-unsaturated/α-hetero) is 1. The fourth-order valence-corrected chi connectivity index (χ4v) is 2.47. The third-order valence-corrected chi connectivity index (χ3v) is 3.48. The minimum absolute atomic E-state index is 0.502. The van der Waals surface area contributed by atoms with E-state index < -0.39 is 0 Å². The van der Waals surface area contributed by atoms with Crippen molar-refractivity contribution < 1.29 is 4.79 Å². The van der Waals surface area contributed by atoms with Crippen LogP contribution >= 0.6 is 0 Å². The molecule has 1 nitrogen and oxygen atoms in total. The zero-order valence-electron chi connectivity index (χ0n) is 10.3. The van der Waals surface area contributed by atoms with Gasteiger partial charge in [0.1, 0.15) is 5.78 Å². The molecule has 1 unspecified atom stereocenters. The standard InChI is InChI=1S/C14H26O/c1-13-10-8-6-4-2-3-5-7-9-11-14(15)12-13/h13H,2-12H2,1H3. The van der Waals surface area contributed by atoms with Crippen LogP contribution in [0.15, 0.2) is 0 Å². The van der Waals surface area contributed by atoms with Crippen molar-refractivity contribution in [2.45, 2.75) is 77.6 Å². The second-order valence-corrected chi connectivity index (χ2v) is 5.22. The fraction of sp³-hybridized carbons (Fsp3) is 0.929. The largest absolute Gasteiger partial charge is 0.300 e. The molecule has 0 N–H and O–H groups in total. The topological polar surface area (TPSA) is 17.1 Å². The summed E-state index contributed by atoms with van der Waals surface area (Å²) in [7, 11) is 0. The van der Waals surface area contributed by atoms with Gasteiger partial charge in [0.25, 0.3) is 0 Å². The van der Waals surface area contributed by atoms with E-state index in [4.69, 9.17) is 0 Å². The van der Waals surface area contributed by atoms with Crippen LogP contribution in [0.1, 0.15) is 77.6 Å². The molecule has 15 heavy (non-hydrogen) atoms. The van der Waals surface area contributed by atoms with Crippen LogP contribution < -0.4 is 0 Å². The number of hydrogen-bond donors (Lipinski definition) is 0. The van der Waals surface area contributed by atoms with Crippen molar-refractivity contribution in [2.24, 2.45) is 5.92 Å². The third kappa shape index (κ3) is 6.70. The number of carbonyl (C=O) groups excluding carboxylic acids is 1. The van der Waals surface area contributed by atoms with Crippen molar-refractivity contribution >= 4 is 5.78 Å². The number of ketones is 1. The van der Waals surface area contributed by atoms with Crippen molar-refractivity contribution in [1.29, 1.82) is 0 Å². The van der Waals surface area contributed by atoms with Gasteiger partial charge in [0, 0.05) is 12.8 Å². The number of rotatable bonds is 0. The van der Waals surface area contributed by atoms with Crippen LogP contribution in [0.3, 0.4) is 0 Å². The van der Waals surface area contributed by atoms with E-state index in [0.717, 1.165) is 19.3 Å². The van der Waals surface area contributed by atoms with Crippen molar-refractivity contribution in [1.82, 2.24) is 0 Å². The summed E-state index contributed by atoms with van der Waals surface area (Å²) >= 11 is 0. The van der Waals surface area contributed by atoms with Crippen LogP contribution in [0.5, 0.6) is 0 Å². The highest BCUT2D eigenvalue weighted by Crippen LogP contribution is 2.18. The monoisotopic (exact) mass is 210 g/mol. The van der Waals surface area contributed by atoms with Crippen molar-refractivity contribution in [3.8, 4) is 0 Å². The molecule has 0 aromatic heterocycles. The van der Waals surface area contributed by atoms with Crippen LogP contribution in [0, 0.1) is 5.92 Å². The second-order valence-electron chi connectivity index (χ2n) is 5.22. The molecule has 1 aliphatic rings. The van der Waals surface area contributed by atoms with E-state index in [1.165, 1.54) is 51.4 Å². The number of hydrogen-bond acceptors (Lipinski definition) is 1. The molecule has 1 rings (SSSR count). The summed E-state index contributed by atoms with van der Waals surface area (Å²) in [6.07, 6.45) is 13.5. The average Bonchev–Trinajstić information content (AvgIpc) is 2.21. The van der Waals surface area contributed by atoms with E-state index >= 15 is 0 Å². The van der Waals surface area contributed by atoms with Gasteiger partial charge in [-0.15, -0.1) is 0 Å². The average molecular weight is 210 g/mol. The van der Waals surface area contributed by atoms with Gasteiger partial charge in [-0.2, -0.15) is 0 Å². The molecule has 0 aromatic rings. The molecule has 0 aliphatic heterocycles. The van der Waals surface area contributed by atoms with Crippen molar-refractivity contribution in [3.05, 3.63) is 0 Å². The summed E-state index contributed by atoms with van der Waals surface area (Å²) in [4.78, 5) is 11.6. The van der Waals surface area contributed by atoms with E-state index in [0.29, 0.717) is 11.7 Å². The Bertz CT molecular complexity index is 174. The maximum Gasteiger partial charge on any atom is 0.133 e. The van der Waals surface area contributed by atoms with Crippen LogP contribution in [0.4, 0.5) is 0 Å². The van der Waals surface area contributed by atoms with Crippen LogP contribution in [-0.2, 0) is 4.79 Å². The molecule has 0 aromatic carbocycles. The first-order valence-electron chi connectivity index (χ1n) is 6.81. The quantitative estimate of drug-likeness (QED) is 0.575. The fourth-order valence-electron chi connectivity index (χ4n) is 2.47. The van der Waals surface area contributed by atoms with Crippen LogP contribution in [0.2, 0.25) is 0 Å². The number of carbonyl (C=O) groups is 1. The Hall–Kier alpha value is -0.330. The summed E-state index contributed by atoms with van der Waals surface area (Å²) in [6, 6.07) is 0. The summed E-state index contributed by atoms with van der Waals surface area (Å²) in [5.41, 5.74) is 0. The Kier molecular flexibility index (Phi) is 6.71. The van der Waals surface area contributed by atoms with Gasteiger partial charge < -0.3 is 0 Å². The molecule has 0 saturated heterocycles. The summed E-state index contributed by atoms with van der Waals surface area (Å²) in [5, 5.41) is 0. The lowest BCUT2D eigenvalue weighted by molar-refractivity contribution is -0.120. The van der Waals surface area contributed by atoms with Gasteiger partial charge >= 0.3 is 0 Å². The Morgan fingerprint density at radius 2 is 1.40 bits per heavy atom. The van der Waals surface area contributed by atoms with Gasteiger partial charge in [0.15, 0.2) is 0 Å². The first-order valence-corrected chi connectivity index (χ1v) is 6.81. The maximum atomic E-state index is 11.6. The molecule has 1 atom stereocenters. The molecular weight excluding hydrogens is 184 g/mol. The molecule has 0 bridgehead atoms. The summed E-state index contributed by atoms with van der Waals surface area (Å²) in [6.45, 7) is 2.23. The minimum atomic E-state index is 0.502.